The van der Waals surface area contributed by atoms with E-state index in [4.69, 9.17) is 47.8 Å². The summed E-state index contributed by atoms with van der Waals surface area (Å²) in [5, 5.41) is 29.5. The normalized spacial score (nSPS) is 9.54. The van der Waals surface area contributed by atoms with Crippen LogP contribution in [0.25, 0.3) is 0 Å². The van der Waals surface area contributed by atoms with Crippen molar-refractivity contribution in [3.63, 3.8) is 0 Å². The summed E-state index contributed by atoms with van der Waals surface area (Å²) in [5.41, 5.74) is 0. The van der Waals surface area contributed by atoms with Gasteiger partial charge in [-0.2, -0.15) is 0 Å². The summed E-state index contributed by atoms with van der Waals surface area (Å²) in [6.07, 6.45) is 0. The van der Waals surface area contributed by atoms with E-state index in [0.717, 1.165) is 0 Å². The summed E-state index contributed by atoms with van der Waals surface area (Å²) < 4.78 is 19.5. The molecule has 13 heavy (non-hydrogen) atoms. The predicted molar refractivity (Wildman–Crippen MR) is 37.5 cm³/mol. The van der Waals surface area contributed by atoms with Gasteiger partial charge in [-0.1, -0.05) is 0 Å². The molecule has 0 fully saturated rings. The number of hydrogen-bond donors (Lipinski definition) is 4. The van der Waals surface area contributed by atoms with Crippen LogP contribution in [-0.2, 0) is 17.1 Å². The average molecular weight is 383 g/mol. The summed E-state index contributed by atoms with van der Waals surface area (Å²) >= 11 is -2.94. The van der Waals surface area contributed by atoms with E-state index in [1.54, 1.807) is 0 Å². The Morgan fingerprint density at radius 1 is 0.769 bits per heavy atom. The minimum absolute atomic E-state index is 1.75. The molecule has 0 rings (SSSR count). The third kappa shape index (κ3) is 758. The SMILES string of the molecule is O=[N+]([O-])[O-].O=[N+]([O-])[O-].[NH2][Pt+2]([NH2])([NH2])[NH2]. The number of nitrogens with two attached hydrogens (primary N) is 4. The van der Waals surface area contributed by atoms with Gasteiger partial charge in [-0.05, 0) is 0 Å². The van der Waals surface area contributed by atoms with Gasteiger partial charge >= 0.3 is 34.2 Å². The Morgan fingerprint density at radius 2 is 0.769 bits per heavy atom. The van der Waals surface area contributed by atoms with Crippen LogP contribution in [0, 0.1) is 30.6 Å². The van der Waals surface area contributed by atoms with Crippen molar-refractivity contribution < 1.29 is 27.2 Å². The second-order valence-corrected chi connectivity index (χ2v) is 5.62. The van der Waals surface area contributed by atoms with Crippen molar-refractivity contribution in [1.29, 1.82) is 0 Å². The van der Waals surface area contributed by atoms with Crippen molar-refractivity contribution in [2.24, 2.45) is 17.2 Å². The molecule has 0 unspecified atom stereocenters. The van der Waals surface area contributed by atoms with E-state index >= 15 is 0 Å². The minimum atomic E-state index is -2.94. The maximum atomic E-state index is 8.25. The molecule has 0 aromatic carbocycles. The Kier molecular flexibility index (Phi) is 12.4. The van der Waals surface area contributed by atoms with Crippen LogP contribution in [0.3, 0.4) is 0 Å². The molecule has 0 saturated carbocycles. The van der Waals surface area contributed by atoms with Crippen molar-refractivity contribution in [3.05, 3.63) is 30.6 Å². The molecule has 0 atom stereocenters. The van der Waals surface area contributed by atoms with Crippen molar-refractivity contribution in [3.8, 4) is 0 Å². The molecular formula is H8N6O6Pt. The van der Waals surface area contributed by atoms with Gasteiger partial charge in [0.15, 0.2) is 0 Å². The van der Waals surface area contributed by atoms with Gasteiger partial charge in [0.25, 0.3) is 0 Å². The molecule has 0 aromatic rings. The second kappa shape index (κ2) is 9.02. The zero-order valence-electron chi connectivity index (χ0n) is 5.97. The topological polar surface area (TPSA) is 236 Å². The van der Waals surface area contributed by atoms with E-state index in [-0.39, 0.29) is 0 Å². The zero-order valence-corrected chi connectivity index (χ0v) is 8.24. The van der Waals surface area contributed by atoms with Gasteiger partial charge in [0.1, 0.15) is 0 Å². The zero-order chi connectivity index (χ0) is 11.7. The van der Waals surface area contributed by atoms with Gasteiger partial charge in [0, 0.05) is 0 Å². The summed E-state index contributed by atoms with van der Waals surface area (Å²) in [4.78, 5) is 16.5. The first-order chi connectivity index (χ1) is 5.46. The van der Waals surface area contributed by atoms with Crippen LogP contribution >= 0.6 is 0 Å². The van der Waals surface area contributed by atoms with E-state index in [0.29, 0.717) is 0 Å². The molecule has 0 spiro atoms. The fraction of sp³-hybridized carbons (Fsp3) is 0. The van der Waals surface area contributed by atoms with E-state index in [2.05, 4.69) is 0 Å². The van der Waals surface area contributed by atoms with Crippen molar-refractivity contribution >= 4 is 0 Å². The quantitative estimate of drug-likeness (QED) is 0.247. The molecule has 13 heteroatoms. The predicted octanol–water partition coefficient (Wildman–Crippen LogP) is -2.84. The molecule has 0 heterocycles. The van der Waals surface area contributed by atoms with Crippen LogP contribution in [0.5, 0.6) is 0 Å². The van der Waals surface area contributed by atoms with Crippen molar-refractivity contribution in [2.75, 3.05) is 0 Å². The Bertz CT molecular complexity index is 124. The fourth-order valence-corrected chi connectivity index (χ4v) is 0. The van der Waals surface area contributed by atoms with Crippen LogP contribution in [0.4, 0.5) is 0 Å². The molecule has 0 radical (unpaired) electrons. The summed E-state index contributed by atoms with van der Waals surface area (Å²) in [6.45, 7) is 0. The van der Waals surface area contributed by atoms with Crippen molar-refractivity contribution in [1.82, 2.24) is 0 Å². The molecule has 0 aliphatic carbocycles. The van der Waals surface area contributed by atoms with E-state index in [1.165, 1.54) is 0 Å². The molecule has 0 aliphatic rings. The Labute approximate surface area is 75.7 Å². The standard InChI is InChI=1S/2NO3.4H2N.Pt/c2*2-1(3)4;;;;;/h;;4*1H2;/q6*-1;+6. The molecule has 0 amide bonds. The van der Waals surface area contributed by atoms with Crippen molar-refractivity contribution in [2.45, 2.75) is 0 Å². The summed E-state index contributed by atoms with van der Waals surface area (Å²) in [6, 6.07) is 0. The average Bonchev–Trinajstić information content (AvgIpc) is 1.50. The van der Waals surface area contributed by atoms with Gasteiger partial charge in [-0.15, -0.1) is 0 Å². The van der Waals surface area contributed by atoms with Gasteiger partial charge in [-0.25, -0.2) is 0 Å². The molecule has 84 valence electrons. The van der Waals surface area contributed by atoms with Crippen LogP contribution in [0.1, 0.15) is 0 Å². The first kappa shape index (κ1) is 17.9. The van der Waals surface area contributed by atoms with Crippen LogP contribution in [0.2, 0.25) is 0 Å². The Hall–Kier alpha value is -1.07. The van der Waals surface area contributed by atoms with Gasteiger partial charge < -0.3 is 30.6 Å². The van der Waals surface area contributed by atoms with Gasteiger partial charge in [-0.3, -0.25) is 0 Å². The first-order valence-electron chi connectivity index (χ1n) is 1.83. The second-order valence-electron chi connectivity index (χ2n) is 1.08. The molecule has 0 bridgehead atoms. The van der Waals surface area contributed by atoms with Crippen LogP contribution in [-0.4, -0.2) is 10.2 Å². The third-order valence-corrected chi connectivity index (χ3v) is 0. The molecule has 0 aliphatic heterocycles. The summed E-state index contributed by atoms with van der Waals surface area (Å²) in [7, 11) is 0. The number of hydrogen-bond acceptors (Lipinski definition) is 10. The third-order valence-electron chi connectivity index (χ3n) is 0. The van der Waals surface area contributed by atoms with E-state index in [1.807, 2.05) is 0 Å². The monoisotopic (exact) mass is 383 g/mol. The number of rotatable bonds is 0. The fourth-order valence-electron chi connectivity index (χ4n) is 0. The molecule has 0 aromatic heterocycles. The van der Waals surface area contributed by atoms with Crippen LogP contribution < -0.4 is 17.2 Å². The molecule has 8 N–H and O–H groups in total. The molecule has 12 nitrogen and oxygen atoms in total. The van der Waals surface area contributed by atoms with Crippen LogP contribution in [0.15, 0.2) is 0 Å². The Balaban J connectivity index is -0.000000117. The Morgan fingerprint density at radius 3 is 0.769 bits per heavy atom. The van der Waals surface area contributed by atoms with Gasteiger partial charge in [0.2, 0.25) is 0 Å². The molecule has 0 saturated heterocycles. The first-order valence-corrected chi connectivity index (χ1v) is 7.07. The van der Waals surface area contributed by atoms with E-state index in [9.17, 15) is 0 Å². The number of nitrogens with zero attached hydrogens (tertiary/aromatic N) is 2. The van der Waals surface area contributed by atoms with Gasteiger partial charge in [0.05, 0.1) is 10.2 Å². The molecular weight excluding hydrogens is 375 g/mol. The summed E-state index contributed by atoms with van der Waals surface area (Å²) in [5.74, 6) is 0. The van der Waals surface area contributed by atoms with E-state index < -0.39 is 27.2 Å². The maximum absolute atomic E-state index is 8.25.